The Hall–Kier alpha value is -2.87. The number of carbonyl (C=O) groups excluding carboxylic acids is 1. The Balaban J connectivity index is 1.38. The molecule has 0 fully saturated rings. The number of ether oxygens (including phenoxy) is 2. The molecule has 25 heavy (non-hydrogen) atoms. The molecule has 1 amide bonds. The Kier molecular flexibility index (Phi) is 4.34. The molecule has 0 saturated heterocycles. The van der Waals surface area contributed by atoms with E-state index in [4.69, 9.17) is 13.9 Å². The number of anilines is 1. The molecule has 1 aliphatic rings. The average Bonchev–Trinajstić information content (AvgIpc) is 3.27. The molecule has 0 bridgehead atoms. The lowest BCUT2D eigenvalue weighted by Gasteiger charge is -2.18. The van der Waals surface area contributed by atoms with Gasteiger partial charge in [0, 0.05) is 4.88 Å². The van der Waals surface area contributed by atoms with Crippen LogP contribution in [0.4, 0.5) is 6.01 Å². The Morgan fingerprint density at radius 1 is 1.16 bits per heavy atom. The third kappa shape index (κ3) is 3.80. The van der Waals surface area contributed by atoms with Gasteiger partial charge in [-0.3, -0.25) is 10.1 Å². The van der Waals surface area contributed by atoms with Crippen LogP contribution in [0.3, 0.4) is 0 Å². The van der Waals surface area contributed by atoms with E-state index in [2.05, 4.69) is 15.5 Å². The molecule has 4 rings (SSSR count). The van der Waals surface area contributed by atoms with E-state index in [1.54, 1.807) is 0 Å². The van der Waals surface area contributed by atoms with Crippen molar-refractivity contribution in [3.63, 3.8) is 0 Å². The number of amides is 1. The van der Waals surface area contributed by atoms with E-state index in [0.29, 0.717) is 31.3 Å². The molecular weight excluding hydrogens is 342 g/mol. The highest BCUT2D eigenvalue weighted by Gasteiger charge is 2.14. The van der Waals surface area contributed by atoms with Crippen molar-refractivity contribution in [3.05, 3.63) is 52.0 Å². The van der Waals surface area contributed by atoms with Gasteiger partial charge in [0.25, 0.3) is 0 Å². The molecule has 7 nitrogen and oxygen atoms in total. The minimum Gasteiger partial charge on any atom is -0.486 e. The van der Waals surface area contributed by atoms with Crippen molar-refractivity contribution in [3.8, 4) is 11.5 Å². The lowest BCUT2D eigenvalue weighted by atomic mass is 10.1. The van der Waals surface area contributed by atoms with Gasteiger partial charge in [-0.25, -0.2) is 0 Å². The fraction of sp³-hybridized carbons (Fsp3) is 0.235. The lowest BCUT2D eigenvalue weighted by molar-refractivity contribution is -0.115. The van der Waals surface area contributed by atoms with E-state index in [-0.39, 0.29) is 18.3 Å². The first-order valence-corrected chi connectivity index (χ1v) is 8.67. The summed E-state index contributed by atoms with van der Waals surface area (Å²) < 4.78 is 16.6. The van der Waals surface area contributed by atoms with Crippen molar-refractivity contribution < 1.29 is 18.7 Å². The minimum atomic E-state index is -0.183. The molecule has 1 N–H and O–H groups in total. The number of thiophene rings is 1. The second kappa shape index (κ2) is 6.94. The van der Waals surface area contributed by atoms with Crippen molar-refractivity contribution in [1.82, 2.24) is 10.2 Å². The van der Waals surface area contributed by atoms with Gasteiger partial charge in [0.1, 0.15) is 13.2 Å². The summed E-state index contributed by atoms with van der Waals surface area (Å²) in [6.45, 7) is 1.10. The van der Waals surface area contributed by atoms with Gasteiger partial charge in [-0.2, -0.15) is 0 Å². The van der Waals surface area contributed by atoms with Gasteiger partial charge in [0.2, 0.25) is 11.8 Å². The molecule has 1 aromatic carbocycles. The summed E-state index contributed by atoms with van der Waals surface area (Å²) >= 11 is 1.53. The maximum absolute atomic E-state index is 11.9. The molecule has 0 radical (unpaired) electrons. The van der Waals surface area contributed by atoms with Crippen LogP contribution in [0.5, 0.6) is 11.5 Å². The highest BCUT2D eigenvalue weighted by atomic mass is 32.1. The van der Waals surface area contributed by atoms with Gasteiger partial charge in [0.15, 0.2) is 11.5 Å². The van der Waals surface area contributed by atoms with E-state index in [1.807, 2.05) is 35.7 Å². The molecule has 0 unspecified atom stereocenters. The van der Waals surface area contributed by atoms with Gasteiger partial charge in [-0.15, -0.1) is 16.4 Å². The summed E-state index contributed by atoms with van der Waals surface area (Å²) in [7, 11) is 0. The summed E-state index contributed by atoms with van der Waals surface area (Å²) in [6.07, 6.45) is 0.738. The molecule has 0 spiro atoms. The average molecular weight is 357 g/mol. The van der Waals surface area contributed by atoms with Crippen LogP contribution in [-0.2, 0) is 17.6 Å². The first kappa shape index (κ1) is 15.6. The fourth-order valence-corrected chi connectivity index (χ4v) is 3.19. The highest BCUT2D eigenvalue weighted by molar-refractivity contribution is 7.10. The number of nitrogens with one attached hydrogen (secondary N) is 1. The Morgan fingerprint density at radius 3 is 2.88 bits per heavy atom. The molecule has 8 heteroatoms. The number of benzene rings is 1. The van der Waals surface area contributed by atoms with Crippen molar-refractivity contribution in [2.75, 3.05) is 18.5 Å². The monoisotopic (exact) mass is 357 g/mol. The normalized spacial score (nSPS) is 12.8. The maximum Gasteiger partial charge on any atom is 0.322 e. The van der Waals surface area contributed by atoms with Gasteiger partial charge in [-0.1, -0.05) is 17.2 Å². The van der Waals surface area contributed by atoms with Crippen LogP contribution < -0.4 is 14.8 Å². The number of fused-ring (bicyclic) bond motifs is 1. The maximum atomic E-state index is 11.9. The summed E-state index contributed by atoms with van der Waals surface area (Å²) in [5.74, 6) is 1.69. The van der Waals surface area contributed by atoms with Gasteiger partial charge >= 0.3 is 6.01 Å². The third-order valence-corrected chi connectivity index (χ3v) is 4.47. The largest absolute Gasteiger partial charge is 0.486 e. The number of hydrogen-bond donors (Lipinski definition) is 1. The topological polar surface area (TPSA) is 86.5 Å². The smallest absolute Gasteiger partial charge is 0.322 e. The summed E-state index contributed by atoms with van der Waals surface area (Å²) in [6, 6.07) is 9.61. The quantitative estimate of drug-likeness (QED) is 0.755. The van der Waals surface area contributed by atoms with Crippen LogP contribution in [-0.4, -0.2) is 29.3 Å². The number of aromatic nitrogens is 2. The van der Waals surface area contributed by atoms with Crippen LogP contribution >= 0.6 is 11.3 Å². The van der Waals surface area contributed by atoms with Gasteiger partial charge < -0.3 is 13.9 Å². The number of rotatable bonds is 5. The second-order valence-electron chi connectivity index (χ2n) is 5.46. The summed E-state index contributed by atoms with van der Waals surface area (Å²) in [4.78, 5) is 12.9. The molecule has 1 aliphatic heterocycles. The van der Waals surface area contributed by atoms with Gasteiger partial charge in [0.05, 0.1) is 12.8 Å². The lowest BCUT2D eigenvalue weighted by Crippen LogP contribution is -2.15. The number of hydrogen-bond acceptors (Lipinski definition) is 7. The first-order valence-electron chi connectivity index (χ1n) is 7.79. The molecule has 0 saturated carbocycles. The van der Waals surface area contributed by atoms with Crippen molar-refractivity contribution in [2.24, 2.45) is 0 Å². The molecule has 3 aromatic rings. The van der Waals surface area contributed by atoms with Gasteiger partial charge in [-0.05, 0) is 29.1 Å². The predicted molar refractivity (Wildman–Crippen MR) is 91.2 cm³/mol. The van der Waals surface area contributed by atoms with E-state index < -0.39 is 0 Å². The zero-order chi connectivity index (χ0) is 17.1. The van der Waals surface area contributed by atoms with E-state index in [9.17, 15) is 4.79 Å². The van der Waals surface area contributed by atoms with E-state index in [1.165, 1.54) is 11.3 Å². The van der Waals surface area contributed by atoms with Crippen LogP contribution in [0.2, 0.25) is 0 Å². The number of nitrogens with zero attached hydrogens (tertiary/aromatic N) is 2. The van der Waals surface area contributed by atoms with Crippen molar-refractivity contribution in [1.29, 1.82) is 0 Å². The Labute approximate surface area is 147 Å². The SMILES string of the molecule is O=C(Cc1cccs1)Nc1nnc(Cc2ccc3c(c2)OCCO3)o1. The van der Waals surface area contributed by atoms with Crippen LogP contribution in [0, 0.1) is 0 Å². The molecule has 3 heterocycles. The molecule has 0 atom stereocenters. The van der Waals surface area contributed by atoms with Crippen LogP contribution in [0.15, 0.2) is 40.1 Å². The zero-order valence-corrected chi connectivity index (χ0v) is 14.0. The minimum absolute atomic E-state index is 0.106. The standard InChI is InChI=1S/C17H15N3O4S/c21-15(10-12-2-1-7-25-12)18-17-20-19-16(24-17)9-11-3-4-13-14(8-11)23-6-5-22-13/h1-4,7-8H,5-6,9-10H2,(H,18,20,21). The number of carbonyl (C=O) groups is 1. The van der Waals surface area contributed by atoms with Crippen molar-refractivity contribution >= 4 is 23.3 Å². The highest BCUT2D eigenvalue weighted by Crippen LogP contribution is 2.31. The second-order valence-corrected chi connectivity index (χ2v) is 6.49. The fourth-order valence-electron chi connectivity index (χ4n) is 2.48. The summed E-state index contributed by atoms with van der Waals surface area (Å²) in [5.41, 5.74) is 0.962. The molecule has 2 aromatic heterocycles. The van der Waals surface area contributed by atoms with Crippen molar-refractivity contribution in [2.45, 2.75) is 12.8 Å². The predicted octanol–water partition coefficient (Wildman–Crippen LogP) is 2.67. The first-order chi connectivity index (χ1) is 12.3. The van der Waals surface area contributed by atoms with E-state index >= 15 is 0 Å². The summed E-state index contributed by atoms with van der Waals surface area (Å²) in [5, 5.41) is 12.4. The molecule has 0 aliphatic carbocycles. The van der Waals surface area contributed by atoms with Crippen LogP contribution in [0.1, 0.15) is 16.3 Å². The Morgan fingerprint density at radius 2 is 2.04 bits per heavy atom. The molecule has 128 valence electrons. The Bertz CT molecular complexity index is 876. The third-order valence-electron chi connectivity index (χ3n) is 3.59. The molecular formula is C17H15N3O4S. The van der Waals surface area contributed by atoms with Crippen LogP contribution in [0.25, 0.3) is 0 Å². The van der Waals surface area contributed by atoms with E-state index in [0.717, 1.165) is 16.2 Å². The zero-order valence-electron chi connectivity index (χ0n) is 13.2.